The normalized spacial score (nSPS) is 41.5. The van der Waals surface area contributed by atoms with Crippen LogP contribution in [0.4, 0.5) is 0 Å². The molecule has 1 rings (SSSR count). The predicted octanol–water partition coefficient (Wildman–Crippen LogP) is 1.75. The van der Waals surface area contributed by atoms with Crippen molar-refractivity contribution in [3.8, 4) is 0 Å². The van der Waals surface area contributed by atoms with Crippen molar-refractivity contribution in [2.24, 2.45) is 5.92 Å². The maximum absolute atomic E-state index is 9.96. The van der Waals surface area contributed by atoms with Gasteiger partial charge in [-0.15, -0.1) is 6.58 Å². The number of rotatable bonds is 4. The predicted molar refractivity (Wildman–Crippen MR) is 59.7 cm³/mol. The van der Waals surface area contributed by atoms with Crippen LogP contribution in [0, 0.1) is 5.92 Å². The lowest BCUT2D eigenvalue weighted by Gasteiger charge is -2.42. The summed E-state index contributed by atoms with van der Waals surface area (Å²) in [6, 6.07) is 0. The van der Waals surface area contributed by atoms with Crippen molar-refractivity contribution in [1.82, 2.24) is 0 Å². The first-order chi connectivity index (χ1) is 7.11. The molecule has 0 amide bonds. The zero-order valence-electron chi connectivity index (χ0n) is 9.85. The van der Waals surface area contributed by atoms with E-state index in [4.69, 9.17) is 9.47 Å². The molecule has 1 fully saturated rings. The van der Waals surface area contributed by atoms with Gasteiger partial charge in [0, 0.05) is 5.92 Å². The van der Waals surface area contributed by atoms with Crippen LogP contribution in [0.15, 0.2) is 12.7 Å². The average Bonchev–Trinajstić information content (AvgIpc) is 2.23. The molecular formula is C12H22O3. The third-order valence-electron chi connectivity index (χ3n) is 3.12. The largest absolute Gasteiger partial charge is 0.388 e. The molecule has 1 saturated heterocycles. The van der Waals surface area contributed by atoms with E-state index in [9.17, 15) is 5.11 Å². The van der Waals surface area contributed by atoms with Crippen molar-refractivity contribution in [3.63, 3.8) is 0 Å². The number of hydrogen-bond donors (Lipinski definition) is 1. The number of aliphatic hydroxyl groups is 1. The standard InChI is InChI=1S/C12H22O3/c1-5-7-14-12-8(3)10(6-2)15-9(4)11(12)13/h5,8-13H,1,6-7H2,2-4H3/t8-,9-,10?,11?,12-/m0/s1. The molecule has 0 bridgehead atoms. The second-order valence-electron chi connectivity index (χ2n) is 4.22. The van der Waals surface area contributed by atoms with E-state index in [-0.39, 0.29) is 24.2 Å². The van der Waals surface area contributed by atoms with Gasteiger partial charge in [0.15, 0.2) is 0 Å². The maximum Gasteiger partial charge on any atom is 0.106 e. The topological polar surface area (TPSA) is 38.7 Å². The van der Waals surface area contributed by atoms with E-state index in [1.165, 1.54) is 0 Å². The first-order valence-corrected chi connectivity index (χ1v) is 5.67. The summed E-state index contributed by atoms with van der Waals surface area (Å²) in [6.45, 7) is 10.1. The van der Waals surface area contributed by atoms with Gasteiger partial charge in [0.05, 0.1) is 24.9 Å². The molecule has 2 unspecified atom stereocenters. The van der Waals surface area contributed by atoms with Crippen LogP contribution in [0.1, 0.15) is 27.2 Å². The van der Waals surface area contributed by atoms with Gasteiger partial charge in [-0.2, -0.15) is 0 Å². The van der Waals surface area contributed by atoms with Gasteiger partial charge < -0.3 is 14.6 Å². The molecule has 0 aromatic carbocycles. The van der Waals surface area contributed by atoms with Gasteiger partial charge in [-0.25, -0.2) is 0 Å². The highest BCUT2D eigenvalue weighted by Gasteiger charge is 2.40. The number of ether oxygens (including phenoxy) is 2. The summed E-state index contributed by atoms with van der Waals surface area (Å²) in [5.74, 6) is 0.223. The molecule has 5 atom stereocenters. The van der Waals surface area contributed by atoms with Crippen LogP contribution in [0.5, 0.6) is 0 Å². The lowest BCUT2D eigenvalue weighted by molar-refractivity contribution is -0.202. The number of aliphatic hydroxyl groups excluding tert-OH is 1. The fourth-order valence-corrected chi connectivity index (χ4v) is 2.17. The lowest BCUT2D eigenvalue weighted by atomic mass is 9.87. The Morgan fingerprint density at radius 1 is 1.47 bits per heavy atom. The summed E-state index contributed by atoms with van der Waals surface area (Å²) in [7, 11) is 0. The van der Waals surface area contributed by atoms with Crippen LogP contribution in [0.2, 0.25) is 0 Å². The van der Waals surface area contributed by atoms with Gasteiger partial charge in [0.2, 0.25) is 0 Å². The zero-order chi connectivity index (χ0) is 11.4. The molecule has 1 aliphatic rings. The minimum Gasteiger partial charge on any atom is -0.388 e. The Balaban J connectivity index is 2.65. The fourth-order valence-electron chi connectivity index (χ4n) is 2.17. The minimum absolute atomic E-state index is 0.142. The second kappa shape index (κ2) is 5.64. The van der Waals surface area contributed by atoms with Crippen molar-refractivity contribution in [2.45, 2.75) is 51.6 Å². The van der Waals surface area contributed by atoms with E-state index in [0.717, 1.165) is 6.42 Å². The quantitative estimate of drug-likeness (QED) is 0.725. The first-order valence-electron chi connectivity index (χ1n) is 5.67. The first kappa shape index (κ1) is 12.7. The Morgan fingerprint density at radius 3 is 2.67 bits per heavy atom. The molecule has 0 spiro atoms. The van der Waals surface area contributed by atoms with Crippen LogP contribution in [-0.4, -0.2) is 36.1 Å². The van der Waals surface area contributed by atoms with Gasteiger partial charge in [-0.1, -0.05) is 19.9 Å². The zero-order valence-corrected chi connectivity index (χ0v) is 9.85. The van der Waals surface area contributed by atoms with Crippen LogP contribution in [0.3, 0.4) is 0 Å². The van der Waals surface area contributed by atoms with Crippen molar-refractivity contribution in [2.75, 3.05) is 6.61 Å². The van der Waals surface area contributed by atoms with E-state index in [1.807, 2.05) is 6.92 Å². The highest BCUT2D eigenvalue weighted by atomic mass is 16.5. The Labute approximate surface area is 92.1 Å². The third kappa shape index (κ3) is 2.80. The Hall–Kier alpha value is -0.380. The van der Waals surface area contributed by atoms with Crippen molar-refractivity contribution in [1.29, 1.82) is 0 Å². The molecular weight excluding hydrogens is 192 g/mol. The Bertz CT molecular complexity index is 205. The van der Waals surface area contributed by atoms with E-state index in [1.54, 1.807) is 6.08 Å². The van der Waals surface area contributed by atoms with Gasteiger partial charge in [-0.3, -0.25) is 0 Å². The molecule has 1 N–H and O–H groups in total. The summed E-state index contributed by atoms with van der Waals surface area (Å²) in [4.78, 5) is 0. The molecule has 15 heavy (non-hydrogen) atoms. The molecule has 0 radical (unpaired) electrons. The van der Waals surface area contributed by atoms with Crippen molar-refractivity contribution < 1.29 is 14.6 Å². The summed E-state index contributed by atoms with van der Waals surface area (Å²) < 4.78 is 11.3. The molecule has 88 valence electrons. The molecule has 0 aromatic rings. The molecule has 1 aliphatic heterocycles. The van der Waals surface area contributed by atoms with E-state index < -0.39 is 6.10 Å². The molecule has 3 nitrogen and oxygen atoms in total. The van der Waals surface area contributed by atoms with E-state index in [0.29, 0.717) is 6.61 Å². The summed E-state index contributed by atoms with van der Waals surface area (Å²) in [5, 5.41) is 9.96. The van der Waals surface area contributed by atoms with Crippen molar-refractivity contribution in [3.05, 3.63) is 12.7 Å². The Morgan fingerprint density at radius 2 is 2.13 bits per heavy atom. The minimum atomic E-state index is -0.539. The highest BCUT2D eigenvalue weighted by molar-refractivity contribution is 4.89. The van der Waals surface area contributed by atoms with Gasteiger partial charge in [0.25, 0.3) is 0 Å². The smallest absolute Gasteiger partial charge is 0.106 e. The number of hydrogen-bond acceptors (Lipinski definition) is 3. The molecule has 3 heteroatoms. The summed E-state index contributed by atoms with van der Waals surface area (Å²) >= 11 is 0. The third-order valence-corrected chi connectivity index (χ3v) is 3.12. The molecule has 0 aromatic heterocycles. The van der Waals surface area contributed by atoms with Crippen LogP contribution < -0.4 is 0 Å². The second-order valence-corrected chi connectivity index (χ2v) is 4.22. The van der Waals surface area contributed by atoms with E-state index in [2.05, 4.69) is 20.4 Å². The van der Waals surface area contributed by atoms with Crippen LogP contribution in [-0.2, 0) is 9.47 Å². The molecule has 0 aliphatic carbocycles. The van der Waals surface area contributed by atoms with Gasteiger partial charge in [-0.05, 0) is 13.3 Å². The molecule has 0 saturated carbocycles. The average molecular weight is 214 g/mol. The van der Waals surface area contributed by atoms with Gasteiger partial charge >= 0.3 is 0 Å². The van der Waals surface area contributed by atoms with Crippen LogP contribution in [0.25, 0.3) is 0 Å². The fraction of sp³-hybridized carbons (Fsp3) is 0.833. The monoisotopic (exact) mass is 214 g/mol. The van der Waals surface area contributed by atoms with E-state index >= 15 is 0 Å². The lowest BCUT2D eigenvalue weighted by Crippen LogP contribution is -2.53. The maximum atomic E-state index is 9.96. The van der Waals surface area contributed by atoms with Gasteiger partial charge in [0.1, 0.15) is 6.10 Å². The summed E-state index contributed by atoms with van der Waals surface area (Å²) in [6.07, 6.45) is 2.01. The highest BCUT2D eigenvalue weighted by Crippen LogP contribution is 2.29. The SMILES string of the molecule is C=CCO[C@@H]1C(O)[C@H](C)OC(CC)[C@@H]1C. The summed E-state index contributed by atoms with van der Waals surface area (Å²) in [5.41, 5.74) is 0. The Kier molecular flexibility index (Phi) is 4.77. The van der Waals surface area contributed by atoms with Crippen LogP contribution >= 0.6 is 0 Å². The van der Waals surface area contributed by atoms with Crippen molar-refractivity contribution >= 4 is 0 Å². The molecule has 1 heterocycles.